The SMILES string of the molecule is CCN(CC)S(=O)(=O)N1CCCCC1C(C)O. The van der Waals surface area contributed by atoms with Crippen LogP contribution in [0.3, 0.4) is 0 Å². The van der Waals surface area contributed by atoms with E-state index in [4.69, 9.17) is 0 Å². The Kier molecular flexibility index (Phi) is 5.37. The lowest BCUT2D eigenvalue weighted by Gasteiger charge is -2.38. The molecule has 2 atom stereocenters. The second kappa shape index (κ2) is 6.13. The van der Waals surface area contributed by atoms with Crippen molar-refractivity contribution in [3.8, 4) is 0 Å². The van der Waals surface area contributed by atoms with Gasteiger partial charge in [-0.15, -0.1) is 0 Å². The third kappa shape index (κ3) is 3.19. The van der Waals surface area contributed by atoms with Crippen molar-refractivity contribution in [3.05, 3.63) is 0 Å². The van der Waals surface area contributed by atoms with E-state index in [9.17, 15) is 13.5 Å². The zero-order chi connectivity index (χ0) is 13.1. The van der Waals surface area contributed by atoms with Gasteiger partial charge in [0.25, 0.3) is 10.2 Å². The Balaban J connectivity index is 2.94. The van der Waals surface area contributed by atoms with Crippen LogP contribution in [0.5, 0.6) is 0 Å². The molecule has 17 heavy (non-hydrogen) atoms. The zero-order valence-electron chi connectivity index (χ0n) is 11.0. The molecule has 0 spiro atoms. The first-order valence-corrected chi connectivity index (χ1v) is 7.79. The summed E-state index contributed by atoms with van der Waals surface area (Å²) in [5.41, 5.74) is 0. The van der Waals surface area contributed by atoms with Gasteiger partial charge in [-0.05, 0) is 19.8 Å². The van der Waals surface area contributed by atoms with Gasteiger partial charge in [-0.25, -0.2) is 0 Å². The second-order valence-corrected chi connectivity index (χ2v) is 6.39. The molecule has 1 rings (SSSR count). The van der Waals surface area contributed by atoms with E-state index in [-0.39, 0.29) is 6.04 Å². The molecule has 0 aromatic rings. The first-order valence-electron chi connectivity index (χ1n) is 6.40. The Bertz CT molecular complexity index is 326. The molecule has 0 bridgehead atoms. The highest BCUT2D eigenvalue weighted by Gasteiger charge is 2.37. The molecule has 6 heteroatoms. The number of aliphatic hydroxyl groups is 1. The molecule has 0 amide bonds. The Hall–Kier alpha value is -0.170. The predicted molar refractivity (Wildman–Crippen MR) is 67.9 cm³/mol. The quantitative estimate of drug-likeness (QED) is 0.799. The van der Waals surface area contributed by atoms with Crippen LogP contribution in [0.15, 0.2) is 0 Å². The van der Waals surface area contributed by atoms with Gasteiger partial charge in [0, 0.05) is 19.6 Å². The molecule has 1 heterocycles. The van der Waals surface area contributed by atoms with Crippen LogP contribution in [-0.2, 0) is 10.2 Å². The van der Waals surface area contributed by atoms with Gasteiger partial charge < -0.3 is 5.11 Å². The summed E-state index contributed by atoms with van der Waals surface area (Å²) in [5.74, 6) is 0. The van der Waals surface area contributed by atoms with Crippen molar-refractivity contribution in [2.45, 2.75) is 52.2 Å². The van der Waals surface area contributed by atoms with Crippen molar-refractivity contribution in [1.29, 1.82) is 0 Å². The fourth-order valence-electron chi connectivity index (χ4n) is 2.40. The van der Waals surface area contributed by atoms with Crippen LogP contribution in [0.25, 0.3) is 0 Å². The van der Waals surface area contributed by atoms with Crippen molar-refractivity contribution in [2.75, 3.05) is 19.6 Å². The van der Waals surface area contributed by atoms with Crippen LogP contribution in [0, 0.1) is 0 Å². The lowest BCUT2D eigenvalue weighted by Crippen LogP contribution is -2.53. The van der Waals surface area contributed by atoms with Crippen LogP contribution in [0.4, 0.5) is 0 Å². The number of hydrogen-bond acceptors (Lipinski definition) is 3. The van der Waals surface area contributed by atoms with E-state index in [1.54, 1.807) is 6.92 Å². The summed E-state index contributed by atoms with van der Waals surface area (Å²) in [4.78, 5) is 0. The van der Waals surface area contributed by atoms with Crippen molar-refractivity contribution in [2.24, 2.45) is 0 Å². The fraction of sp³-hybridized carbons (Fsp3) is 1.00. The summed E-state index contributed by atoms with van der Waals surface area (Å²) >= 11 is 0. The number of nitrogens with zero attached hydrogens (tertiary/aromatic N) is 2. The molecule has 1 N–H and O–H groups in total. The highest BCUT2D eigenvalue weighted by molar-refractivity contribution is 7.86. The summed E-state index contributed by atoms with van der Waals surface area (Å²) in [5, 5.41) is 9.71. The maximum atomic E-state index is 12.4. The smallest absolute Gasteiger partial charge is 0.282 e. The van der Waals surface area contributed by atoms with Gasteiger partial charge in [0.1, 0.15) is 0 Å². The highest BCUT2D eigenvalue weighted by Crippen LogP contribution is 2.24. The van der Waals surface area contributed by atoms with E-state index in [0.29, 0.717) is 19.6 Å². The monoisotopic (exact) mass is 264 g/mol. The molecule has 102 valence electrons. The second-order valence-electron chi connectivity index (χ2n) is 4.51. The molecular formula is C11H24N2O3S. The Labute approximate surface area is 105 Å². The topological polar surface area (TPSA) is 60.9 Å². The normalized spacial score (nSPS) is 25.1. The molecule has 0 aliphatic carbocycles. The third-order valence-electron chi connectivity index (χ3n) is 3.38. The van der Waals surface area contributed by atoms with E-state index >= 15 is 0 Å². The molecule has 0 aromatic carbocycles. The maximum Gasteiger partial charge on any atom is 0.282 e. The molecular weight excluding hydrogens is 240 g/mol. The van der Waals surface area contributed by atoms with Gasteiger partial charge in [-0.1, -0.05) is 20.3 Å². The van der Waals surface area contributed by atoms with E-state index < -0.39 is 16.3 Å². The third-order valence-corrected chi connectivity index (χ3v) is 5.60. The summed E-state index contributed by atoms with van der Waals surface area (Å²) < 4.78 is 27.7. The molecule has 0 aromatic heterocycles. The lowest BCUT2D eigenvalue weighted by molar-refractivity contribution is 0.0794. The van der Waals surface area contributed by atoms with E-state index in [0.717, 1.165) is 19.3 Å². The molecule has 5 nitrogen and oxygen atoms in total. The van der Waals surface area contributed by atoms with Gasteiger partial charge in [0.05, 0.1) is 12.1 Å². The zero-order valence-corrected chi connectivity index (χ0v) is 11.8. The van der Waals surface area contributed by atoms with E-state index in [2.05, 4.69) is 0 Å². The summed E-state index contributed by atoms with van der Waals surface area (Å²) in [6, 6.07) is -0.269. The van der Waals surface area contributed by atoms with Gasteiger partial charge in [0.2, 0.25) is 0 Å². The van der Waals surface area contributed by atoms with E-state index in [1.807, 2.05) is 13.8 Å². The fourth-order valence-corrected chi connectivity index (χ4v) is 4.33. The minimum atomic E-state index is -3.41. The van der Waals surface area contributed by atoms with Crippen LogP contribution in [0.1, 0.15) is 40.0 Å². The van der Waals surface area contributed by atoms with Crippen LogP contribution in [0.2, 0.25) is 0 Å². The Morgan fingerprint density at radius 3 is 2.41 bits per heavy atom. The van der Waals surface area contributed by atoms with Gasteiger partial charge in [-0.2, -0.15) is 17.0 Å². The first kappa shape index (κ1) is 14.9. The maximum absolute atomic E-state index is 12.4. The Morgan fingerprint density at radius 1 is 1.35 bits per heavy atom. The molecule has 0 radical (unpaired) electrons. The highest BCUT2D eigenvalue weighted by atomic mass is 32.2. The molecule has 0 saturated carbocycles. The standard InChI is InChI=1S/C11H24N2O3S/c1-4-12(5-2)17(15,16)13-9-7-6-8-11(13)10(3)14/h10-11,14H,4-9H2,1-3H3. The summed E-state index contributed by atoms with van der Waals surface area (Å²) in [6.07, 6.45) is 2.00. The average Bonchev–Trinajstić information content (AvgIpc) is 2.30. The first-order chi connectivity index (χ1) is 7.95. The molecule has 2 unspecified atom stereocenters. The minimum Gasteiger partial charge on any atom is -0.392 e. The van der Waals surface area contributed by atoms with Crippen LogP contribution >= 0.6 is 0 Å². The summed E-state index contributed by atoms with van der Waals surface area (Å²) in [6.45, 7) is 6.81. The average molecular weight is 264 g/mol. The number of hydrogen-bond donors (Lipinski definition) is 1. The molecule has 1 aliphatic heterocycles. The Morgan fingerprint density at radius 2 is 1.94 bits per heavy atom. The van der Waals surface area contributed by atoms with Crippen LogP contribution < -0.4 is 0 Å². The molecule has 1 fully saturated rings. The molecule has 1 saturated heterocycles. The largest absolute Gasteiger partial charge is 0.392 e. The number of aliphatic hydroxyl groups excluding tert-OH is 1. The minimum absolute atomic E-state index is 0.269. The number of piperidine rings is 1. The van der Waals surface area contributed by atoms with Gasteiger partial charge in [-0.3, -0.25) is 0 Å². The van der Waals surface area contributed by atoms with Gasteiger partial charge in [0.15, 0.2) is 0 Å². The van der Waals surface area contributed by atoms with Crippen molar-refractivity contribution >= 4 is 10.2 Å². The van der Waals surface area contributed by atoms with Crippen molar-refractivity contribution in [3.63, 3.8) is 0 Å². The van der Waals surface area contributed by atoms with Crippen LogP contribution in [-0.4, -0.2) is 53.9 Å². The molecule has 1 aliphatic rings. The summed E-state index contributed by atoms with van der Waals surface area (Å²) in [7, 11) is -3.41. The van der Waals surface area contributed by atoms with E-state index in [1.165, 1.54) is 8.61 Å². The van der Waals surface area contributed by atoms with Crippen molar-refractivity contribution in [1.82, 2.24) is 8.61 Å². The number of rotatable bonds is 5. The predicted octanol–water partition coefficient (Wildman–Crippen LogP) is 0.808. The van der Waals surface area contributed by atoms with Gasteiger partial charge >= 0.3 is 0 Å². The van der Waals surface area contributed by atoms with Crippen molar-refractivity contribution < 1.29 is 13.5 Å². The lowest BCUT2D eigenvalue weighted by atomic mass is 10.0.